The average Bonchev–Trinajstić information content (AvgIpc) is 2.76. The molecule has 1 atom stereocenters. The minimum absolute atomic E-state index is 0.000858. The van der Waals surface area contributed by atoms with Crippen molar-refractivity contribution in [2.75, 3.05) is 6.54 Å². The monoisotopic (exact) mass is 238 g/mol. The topological polar surface area (TPSA) is 41.1 Å². The van der Waals surface area contributed by atoms with Crippen LogP contribution in [-0.4, -0.2) is 18.5 Å². The van der Waals surface area contributed by atoms with E-state index in [1.54, 1.807) is 0 Å². The molecule has 0 saturated carbocycles. The molecule has 2 N–H and O–H groups in total. The average molecular weight is 238 g/mol. The molecular weight excluding hydrogens is 220 g/mol. The van der Waals surface area contributed by atoms with Crippen molar-refractivity contribution in [2.45, 2.75) is 38.8 Å². The summed E-state index contributed by atoms with van der Waals surface area (Å²) in [5.41, 5.74) is 0. The molecule has 1 aliphatic heterocycles. The highest BCUT2D eigenvalue weighted by molar-refractivity contribution is 7.11. The van der Waals surface area contributed by atoms with Crippen LogP contribution in [0.1, 0.15) is 29.5 Å². The molecule has 0 radical (unpaired) electrons. The molecular formula is C12H18N2OS. The first-order chi connectivity index (χ1) is 7.79. The fourth-order valence-corrected chi connectivity index (χ4v) is 2.81. The largest absolute Gasteiger partial charge is 0.355 e. The van der Waals surface area contributed by atoms with E-state index in [4.69, 9.17) is 0 Å². The Labute approximate surface area is 100 Å². The number of aryl methyl sites for hydroxylation is 1. The quantitative estimate of drug-likeness (QED) is 0.838. The predicted molar refractivity (Wildman–Crippen MR) is 66.6 cm³/mol. The van der Waals surface area contributed by atoms with Crippen molar-refractivity contribution in [1.82, 2.24) is 10.6 Å². The van der Waals surface area contributed by atoms with E-state index in [-0.39, 0.29) is 11.9 Å². The van der Waals surface area contributed by atoms with E-state index < -0.39 is 0 Å². The van der Waals surface area contributed by atoms with Crippen LogP contribution in [0.5, 0.6) is 0 Å². The first-order valence-corrected chi connectivity index (χ1v) is 6.70. The standard InChI is InChI=1S/C12H18N2OS/c1-2-9-5-6-10(16-9)8-14-11-4-3-7-13-12(11)15/h5-6,11,14H,2-4,7-8H2,1H3,(H,13,15). The molecule has 1 fully saturated rings. The highest BCUT2D eigenvalue weighted by Crippen LogP contribution is 2.17. The fourth-order valence-electron chi connectivity index (χ4n) is 1.90. The number of piperidine rings is 1. The molecule has 2 rings (SSSR count). The Balaban J connectivity index is 1.84. The molecule has 1 amide bonds. The van der Waals surface area contributed by atoms with E-state index in [2.05, 4.69) is 29.7 Å². The number of rotatable bonds is 4. The van der Waals surface area contributed by atoms with Gasteiger partial charge in [0.1, 0.15) is 0 Å². The van der Waals surface area contributed by atoms with E-state index >= 15 is 0 Å². The molecule has 0 bridgehead atoms. The third-order valence-corrected chi connectivity index (χ3v) is 4.10. The van der Waals surface area contributed by atoms with Crippen LogP contribution in [0.4, 0.5) is 0 Å². The summed E-state index contributed by atoms with van der Waals surface area (Å²) in [6.45, 7) is 3.80. The summed E-state index contributed by atoms with van der Waals surface area (Å²) in [6, 6.07) is 4.32. The molecule has 1 aromatic rings. The van der Waals surface area contributed by atoms with Crippen molar-refractivity contribution >= 4 is 17.2 Å². The van der Waals surface area contributed by atoms with Crippen LogP contribution in [0.3, 0.4) is 0 Å². The number of hydrogen-bond donors (Lipinski definition) is 2. The lowest BCUT2D eigenvalue weighted by atomic mass is 10.1. The van der Waals surface area contributed by atoms with Crippen molar-refractivity contribution in [1.29, 1.82) is 0 Å². The van der Waals surface area contributed by atoms with E-state index in [1.165, 1.54) is 9.75 Å². The Bertz CT molecular complexity index is 362. The van der Waals surface area contributed by atoms with Crippen LogP contribution in [0, 0.1) is 0 Å². The van der Waals surface area contributed by atoms with Gasteiger partial charge in [-0.3, -0.25) is 4.79 Å². The van der Waals surface area contributed by atoms with Crippen molar-refractivity contribution in [2.24, 2.45) is 0 Å². The molecule has 1 aliphatic rings. The van der Waals surface area contributed by atoms with Gasteiger partial charge in [0.25, 0.3) is 0 Å². The van der Waals surface area contributed by atoms with Gasteiger partial charge in [-0.05, 0) is 31.4 Å². The van der Waals surface area contributed by atoms with Gasteiger partial charge in [-0.1, -0.05) is 6.92 Å². The lowest BCUT2D eigenvalue weighted by Crippen LogP contribution is -2.47. The Hall–Kier alpha value is -0.870. The third kappa shape index (κ3) is 2.83. The maximum absolute atomic E-state index is 11.5. The SMILES string of the molecule is CCc1ccc(CNC2CCCNC2=O)s1. The van der Waals surface area contributed by atoms with Crippen LogP contribution < -0.4 is 10.6 Å². The molecule has 4 heteroatoms. The van der Waals surface area contributed by atoms with Crippen LogP contribution in [-0.2, 0) is 17.8 Å². The third-order valence-electron chi connectivity index (χ3n) is 2.87. The second-order valence-corrected chi connectivity index (χ2v) is 5.34. The molecule has 0 aliphatic carbocycles. The summed E-state index contributed by atoms with van der Waals surface area (Å²) < 4.78 is 0. The van der Waals surface area contributed by atoms with E-state index in [0.29, 0.717) is 0 Å². The molecule has 2 heterocycles. The Morgan fingerprint density at radius 2 is 2.31 bits per heavy atom. The summed E-state index contributed by atoms with van der Waals surface area (Å²) in [6.07, 6.45) is 3.13. The van der Waals surface area contributed by atoms with Crippen molar-refractivity contribution in [3.8, 4) is 0 Å². The zero-order valence-corrected chi connectivity index (χ0v) is 10.4. The second-order valence-electron chi connectivity index (χ2n) is 4.09. The minimum Gasteiger partial charge on any atom is -0.355 e. The van der Waals surface area contributed by atoms with Crippen LogP contribution >= 0.6 is 11.3 Å². The normalized spacial score (nSPS) is 20.8. The van der Waals surface area contributed by atoms with E-state index in [1.807, 2.05) is 11.3 Å². The van der Waals surface area contributed by atoms with Gasteiger partial charge in [0.2, 0.25) is 5.91 Å². The van der Waals surface area contributed by atoms with Gasteiger partial charge in [0.15, 0.2) is 0 Å². The number of nitrogens with one attached hydrogen (secondary N) is 2. The molecule has 88 valence electrons. The maximum Gasteiger partial charge on any atom is 0.237 e. The molecule has 0 aromatic carbocycles. The second kappa shape index (κ2) is 5.46. The zero-order chi connectivity index (χ0) is 11.4. The van der Waals surface area contributed by atoms with Crippen LogP contribution in [0.2, 0.25) is 0 Å². The van der Waals surface area contributed by atoms with Crippen molar-refractivity contribution in [3.63, 3.8) is 0 Å². The maximum atomic E-state index is 11.5. The molecule has 1 saturated heterocycles. The Kier molecular flexibility index (Phi) is 3.96. The molecule has 16 heavy (non-hydrogen) atoms. The van der Waals surface area contributed by atoms with E-state index in [9.17, 15) is 4.79 Å². The highest BCUT2D eigenvalue weighted by Gasteiger charge is 2.20. The van der Waals surface area contributed by atoms with Gasteiger partial charge in [-0.25, -0.2) is 0 Å². The smallest absolute Gasteiger partial charge is 0.237 e. The summed E-state index contributed by atoms with van der Waals surface area (Å²) in [4.78, 5) is 14.2. The Morgan fingerprint density at radius 3 is 3.00 bits per heavy atom. The van der Waals surface area contributed by atoms with Gasteiger partial charge < -0.3 is 10.6 Å². The number of thiophene rings is 1. The molecule has 3 nitrogen and oxygen atoms in total. The lowest BCUT2D eigenvalue weighted by molar-refractivity contribution is -0.124. The summed E-state index contributed by atoms with van der Waals surface area (Å²) in [5.74, 6) is 0.151. The number of hydrogen-bond acceptors (Lipinski definition) is 3. The van der Waals surface area contributed by atoms with Gasteiger partial charge >= 0.3 is 0 Å². The number of amides is 1. The molecule has 1 unspecified atom stereocenters. The Morgan fingerprint density at radius 1 is 1.50 bits per heavy atom. The highest BCUT2D eigenvalue weighted by atomic mass is 32.1. The number of carbonyl (C=O) groups excluding carboxylic acids is 1. The van der Waals surface area contributed by atoms with E-state index in [0.717, 1.165) is 32.4 Å². The summed E-state index contributed by atoms with van der Waals surface area (Å²) >= 11 is 1.83. The van der Waals surface area contributed by atoms with Crippen LogP contribution in [0.25, 0.3) is 0 Å². The number of carbonyl (C=O) groups is 1. The minimum atomic E-state index is 0.000858. The predicted octanol–water partition coefficient (Wildman–Crippen LogP) is 1.68. The summed E-state index contributed by atoms with van der Waals surface area (Å²) in [5, 5.41) is 6.21. The zero-order valence-electron chi connectivity index (χ0n) is 9.58. The fraction of sp³-hybridized carbons (Fsp3) is 0.583. The molecule has 1 aromatic heterocycles. The van der Waals surface area contributed by atoms with Crippen molar-refractivity contribution < 1.29 is 4.79 Å². The first kappa shape index (κ1) is 11.6. The summed E-state index contributed by atoms with van der Waals surface area (Å²) in [7, 11) is 0. The lowest BCUT2D eigenvalue weighted by Gasteiger charge is -2.22. The van der Waals surface area contributed by atoms with Gasteiger partial charge in [-0.2, -0.15) is 0 Å². The van der Waals surface area contributed by atoms with Gasteiger partial charge in [0.05, 0.1) is 6.04 Å². The van der Waals surface area contributed by atoms with Gasteiger partial charge in [0, 0.05) is 22.8 Å². The van der Waals surface area contributed by atoms with Gasteiger partial charge in [-0.15, -0.1) is 11.3 Å². The molecule has 0 spiro atoms. The first-order valence-electron chi connectivity index (χ1n) is 5.88. The van der Waals surface area contributed by atoms with Crippen LogP contribution in [0.15, 0.2) is 12.1 Å². The van der Waals surface area contributed by atoms with Crippen molar-refractivity contribution in [3.05, 3.63) is 21.9 Å².